The van der Waals surface area contributed by atoms with Crippen molar-refractivity contribution in [2.24, 2.45) is 0 Å². The summed E-state index contributed by atoms with van der Waals surface area (Å²) in [6.45, 7) is 3.95. The van der Waals surface area contributed by atoms with Gasteiger partial charge in [0.25, 0.3) is 0 Å². The van der Waals surface area contributed by atoms with Crippen molar-refractivity contribution in [3.8, 4) is 0 Å². The maximum absolute atomic E-state index is 11.3. The highest BCUT2D eigenvalue weighted by molar-refractivity contribution is 6.35. The first-order valence-electron chi connectivity index (χ1n) is 4.85. The molecular weight excluding hydrogens is 249 g/mol. The topological polar surface area (TPSA) is 49.3 Å². The fourth-order valence-corrected chi connectivity index (χ4v) is 2.13. The van der Waals surface area contributed by atoms with Gasteiger partial charge < -0.3 is 5.11 Å². The summed E-state index contributed by atoms with van der Waals surface area (Å²) in [6, 6.07) is 4.79. The van der Waals surface area contributed by atoms with E-state index in [1.807, 2.05) is 6.92 Å². The molecule has 0 fully saturated rings. The summed E-state index contributed by atoms with van der Waals surface area (Å²) < 4.78 is 0. The minimum Gasteiger partial charge on any atom is -0.480 e. The lowest BCUT2D eigenvalue weighted by molar-refractivity contribution is -0.144. The van der Waals surface area contributed by atoms with Crippen molar-refractivity contribution in [2.75, 3.05) is 6.54 Å². The Hall–Kier alpha value is -0.770. The molecule has 1 aromatic carbocycles. The molecule has 0 bridgehead atoms. The highest BCUT2D eigenvalue weighted by Crippen LogP contribution is 2.30. The normalized spacial score (nSPS) is 14.5. The second kappa shape index (κ2) is 5.04. The molecule has 0 aliphatic carbocycles. The molecule has 2 N–H and O–H groups in total. The molecule has 0 saturated carbocycles. The molecule has 0 aliphatic rings. The lowest BCUT2D eigenvalue weighted by atomic mass is 9.92. The molecule has 1 aromatic rings. The summed E-state index contributed by atoms with van der Waals surface area (Å²) in [7, 11) is 0. The predicted octanol–water partition coefficient (Wildman–Crippen LogP) is 2.90. The third-order valence-corrected chi connectivity index (χ3v) is 2.98. The molecule has 1 rings (SSSR count). The van der Waals surface area contributed by atoms with E-state index in [1.165, 1.54) is 6.07 Å². The Balaban J connectivity index is 3.26. The van der Waals surface area contributed by atoms with Gasteiger partial charge in [-0.1, -0.05) is 36.2 Å². The van der Waals surface area contributed by atoms with E-state index >= 15 is 0 Å². The SMILES string of the molecule is CCNC(C)(C(=O)O)c1ccc(Cl)cc1Cl. The van der Waals surface area contributed by atoms with Crippen molar-refractivity contribution < 1.29 is 9.90 Å². The van der Waals surface area contributed by atoms with Crippen LogP contribution >= 0.6 is 23.2 Å². The van der Waals surface area contributed by atoms with E-state index in [9.17, 15) is 9.90 Å². The molecule has 1 atom stereocenters. The van der Waals surface area contributed by atoms with Crippen LogP contribution < -0.4 is 5.32 Å². The number of nitrogens with one attached hydrogen (secondary N) is 1. The average Bonchev–Trinajstić information content (AvgIpc) is 2.17. The molecule has 3 nitrogen and oxygen atoms in total. The van der Waals surface area contributed by atoms with E-state index < -0.39 is 11.5 Å². The number of aliphatic carboxylic acids is 1. The van der Waals surface area contributed by atoms with Crippen LogP contribution in [0, 0.1) is 0 Å². The lowest BCUT2D eigenvalue weighted by Crippen LogP contribution is -2.46. The smallest absolute Gasteiger partial charge is 0.328 e. The number of carboxylic acids is 1. The molecule has 5 heteroatoms. The zero-order valence-electron chi connectivity index (χ0n) is 9.05. The van der Waals surface area contributed by atoms with E-state index in [0.717, 1.165) is 0 Å². The largest absolute Gasteiger partial charge is 0.480 e. The molecule has 0 heterocycles. The van der Waals surface area contributed by atoms with Crippen LogP contribution in [-0.2, 0) is 10.3 Å². The Morgan fingerprint density at radius 3 is 2.56 bits per heavy atom. The lowest BCUT2D eigenvalue weighted by Gasteiger charge is -2.27. The van der Waals surface area contributed by atoms with Crippen LogP contribution in [0.5, 0.6) is 0 Å². The molecule has 88 valence electrons. The van der Waals surface area contributed by atoms with Crippen molar-refractivity contribution in [1.29, 1.82) is 0 Å². The maximum Gasteiger partial charge on any atom is 0.328 e. The molecule has 0 spiro atoms. The average molecular weight is 262 g/mol. The molecule has 0 radical (unpaired) electrons. The van der Waals surface area contributed by atoms with Gasteiger partial charge in [0.1, 0.15) is 5.54 Å². The predicted molar refractivity (Wildman–Crippen MR) is 65.1 cm³/mol. The van der Waals surface area contributed by atoms with Crippen LogP contribution in [0.15, 0.2) is 18.2 Å². The van der Waals surface area contributed by atoms with E-state index in [2.05, 4.69) is 5.32 Å². The zero-order valence-corrected chi connectivity index (χ0v) is 10.6. The van der Waals surface area contributed by atoms with Gasteiger partial charge in [-0.2, -0.15) is 0 Å². The molecule has 0 aromatic heterocycles. The number of halogens is 2. The summed E-state index contributed by atoms with van der Waals surface area (Å²) in [6.07, 6.45) is 0. The Morgan fingerprint density at radius 2 is 2.12 bits per heavy atom. The zero-order chi connectivity index (χ0) is 12.3. The number of benzene rings is 1. The van der Waals surface area contributed by atoms with Crippen molar-refractivity contribution >= 4 is 29.2 Å². The van der Waals surface area contributed by atoms with Gasteiger partial charge in [-0.05, 0) is 25.6 Å². The first-order valence-corrected chi connectivity index (χ1v) is 5.61. The fraction of sp³-hybridized carbons (Fsp3) is 0.364. The van der Waals surface area contributed by atoms with Crippen molar-refractivity contribution in [3.63, 3.8) is 0 Å². The van der Waals surface area contributed by atoms with E-state index in [-0.39, 0.29) is 0 Å². The maximum atomic E-state index is 11.3. The van der Waals surface area contributed by atoms with Gasteiger partial charge in [-0.25, -0.2) is 4.79 Å². The van der Waals surface area contributed by atoms with Gasteiger partial charge in [0.05, 0.1) is 0 Å². The van der Waals surface area contributed by atoms with Crippen molar-refractivity contribution in [2.45, 2.75) is 19.4 Å². The standard InChI is InChI=1S/C11H13Cl2NO2/c1-3-14-11(2,10(15)16)8-5-4-7(12)6-9(8)13/h4-6,14H,3H2,1-2H3,(H,15,16). The van der Waals surface area contributed by atoms with Gasteiger partial charge in [-0.15, -0.1) is 0 Å². The second-order valence-electron chi connectivity index (χ2n) is 3.58. The van der Waals surface area contributed by atoms with Crippen LogP contribution in [0.3, 0.4) is 0 Å². The van der Waals surface area contributed by atoms with Crippen LogP contribution in [0.1, 0.15) is 19.4 Å². The number of rotatable bonds is 4. The van der Waals surface area contributed by atoms with Gasteiger partial charge in [-0.3, -0.25) is 5.32 Å². The van der Waals surface area contributed by atoms with Gasteiger partial charge in [0, 0.05) is 15.6 Å². The monoisotopic (exact) mass is 261 g/mol. The van der Waals surface area contributed by atoms with Crippen LogP contribution in [0.25, 0.3) is 0 Å². The Labute approximate surface area is 104 Å². The number of carbonyl (C=O) groups is 1. The van der Waals surface area contributed by atoms with Gasteiger partial charge >= 0.3 is 5.97 Å². The minimum atomic E-state index is -1.20. The summed E-state index contributed by atoms with van der Waals surface area (Å²) in [4.78, 5) is 11.3. The minimum absolute atomic E-state index is 0.346. The second-order valence-corrected chi connectivity index (χ2v) is 4.43. The molecule has 0 aliphatic heterocycles. The van der Waals surface area contributed by atoms with E-state index in [1.54, 1.807) is 19.1 Å². The molecule has 0 saturated heterocycles. The van der Waals surface area contributed by atoms with Crippen LogP contribution in [0.2, 0.25) is 10.0 Å². The number of carboxylic acid groups (broad SMARTS) is 1. The first-order chi connectivity index (χ1) is 7.41. The molecule has 0 amide bonds. The fourth-order valence-electron chi connectivity index (χ4n) is 1.53. The van der Waals surface area contributed by atoms with Crippen LogP contribution in [-0.4, -0.2) is 17.6 Å². The van der Waals surface area contributed by atoms with E-state index in [4.69, 9.17) is 23.2 Å². The Bertz CT molecular complexity index is 409. The van der Waals surface area contributed by atoms with Crippen molar-refractivity contribution in [3.05, 3.63) is 33.8 Å². The van der Waals surface area contributed by atoms with Crippen molar-refractivity contribution in [1.82, 2.24) is 5.32 Å². The third kappa shape index (κ3) is 2.48. The summed E-state index contributed by atoms with van der Waals surface area (Å²) >= 11 is 11.8. The third-order valence-electron chi connectivity index (χ3n) is 2.43. The number of hydrogen-bond acceptors (Lipinski definition) is 2. The molecule has 1 unspecified atom stereocenters. The molecular formula is C11H13Cl2NO2. The summed E-state index contributed by atoms with van der Waals surface area (Å²) in [5, 5.41) is 13.0. The summed E-state index contributed by atoms with van der Waals surface area (Å²) in [5.74, 6) is -0.974. The number of hydrogen-bond donors (Lipinski definition) is 2. The van der Waals surface area contributed by atoms with Gasteiger partial charge in [0.2, 0.25) is 0 Å². The summed E-state index contributed by atoms with van der Waals surface area (Å²) in [5.41, 5.74) is -0.691. The van der Waals surface area contributed by atoms with E-state index in [0.29, 0.717) is 22.2 Å². The first kappa shape index (κ1) is 13.3. The Kier molecular flexibility index (Phi) is 4.19. The highest BCUT2D eigenvalue weighted by Gasteiger charge is 2.35. The highest BCUT2D eigenvalue weighted by atomic mass is 35.5. The Morgan fingerprint density at radius 1 is 1.50 bits per heavy atom. The molecule has 16 heavy (non-hydrogen) atoms. The van der Waals surface area contributed by atoms with Crippen LogP contribution in [0.4, 0.5) is 0 Å². The van der Waals surface area contributed by atoms with Gasteiger partial charge in [0.15, 0.2) is 0 Å². The number of likely N-dealkylation sites (N-methyl/N-ethyl adjacent to an activating group) is 1. The quantitative estimate of drug-likeness (QED) is 0.877.